The summed E-state index contributed by atoms with van der Waals surface area (Å²) in [5, 5.41) is 0. The number of hydrogen-bond acceptors (Lipinski definition) is 2. The number of hydrogen-bond donors (Lipinski definition) is 0. The van der Waals surface area contributed by atoms with Crippen LogP contribution in [0.1, 0.15) is 5.56 Å². The van der Waals surface area contributed by atoms with Crippen LogP contribution in [0.25, 0.3) is 0 Å². The van der Waals surface area contributed by atoms with E-state index in [1.165, 1.54) is 18.2 Å². The maximum atomic E-state index is 12.6. The SMILES string of the molecule is O=C1C=C(Cc2ccc(F)cc2)CO1. The van der Waals surface area contributed by atoms with Gasteiger partial charge in [0.05, 0.1) is 0 Å². The Kier molecular flexibility index (Phi) is 2.31. The average molecular weight is 192 g/mol. The van der Waals surface area contributed by atoms with Gasteiger partial charge in [0.15, 0.2) is 0 Å². The fourth-order valence-corrected chi connectivity index (χ4v) is 1.38. The first kappa shape index (κ1) is 8.94. The van der Waals surface area contributed by atoms with E-state index in [0.717, 1.165) is 11.1 Å². The Bertz CT molecular complexity index is 379. The fraction of sp³-hybridized carbons (Fsp3) is 0.182. The lowest BCUT2D eigenvalue weighted by Crippen LogP contribution is -1.94. The highest BCUT2D eigenvalue weighted by molar-refractivity contribution is 5.85. The van der Waals surface area contributed by atoms with Gasteiger partial charge in [-0.15, -0.1) is 0 Å². The Morgan fingerprint density at radius 3 is 2.57 bits per heavy atom. The van der Waals surface area contributed by atoms with E-state index in [1.54, 1.807) is 12.1 Å². The predicted molar refractivity (Wildman–Crippen MR) is 49.1 cm³/mol. The van der Waals surface area contributed by atoms with E-state index in [1.807, 2.05) is 0 Å². The van der Waals surface area contributed by atoms with Gasteiger partial charge in [-0.3, -0.25) is 0 Å². The molecule has 0 spiro atoms. The molecule has 2 nitrogen and oxygen atoms in total. The first-order valence-corrected chi connectivity index (χ1v) is 4.35. The molecule has 0 aromatic heterocycles. The summed E-state index contributed by atoms with van der Waals surface area (Å²) in [5.74, 6) is -0.538. The lowest BCUT2D eigenvalue weighted by molar-refractivity contribution is -0.134. The summed E-state index contributed by atoms with van der Waals surface area (Å²) in [6, 6.07) is 6.24. The molecule has 0 aliphatic carbocycles. The minimum absolute atomic E-state index is 0.249. The van der Waals surface area contributed by atoms with E-state index in [4.69, 9.17) is 4.74 Å². The molecule has 0 saturated carbocycles. The van der Waals surface area contributed by atoms with Gasteiger partial charge in [-0.25, -0.2) is 9.18 Å². The Labute approximate surface area is 81.0 Å². The lowest BCUT2D eigenvalue weighted by atomic mass is 10.1. The third-order valence-corrected chi connectivity index (χ3v) is 2.07. The number of ether oxygens (including phenoxy) is 1. The largest absolute Gasteiger partial charge is 0.458 e. The smallest absolute Gasteiger partial charge is 0.331 e. The molecule has 0 N–H and O–H groups in total. The molecule has 0 unspecified atom stereocenters. The second-order valence-corrected chi connectivity index (χ2v) is 3.21. The molecule has 1 heterocycles. The third kappa shape index (κ3) is 1.99. The quantitative estimate of drug-likeness (QED) is 0.668. The van der Waals surface area contributed by atoms with E-state index >= 15 is 0 Å². The van der Waals surface area contributed by atoms with E-state index in [-0.39, 0.29) is 11.8 Å². The van der Waals surface area contributed by atoms with Crippen LogP contribution in [0.5, 0.6) is 0 Å². The number of esters is 1. The molecule has 3 heteroatoms. The zero-order chi connectivity index (χ0) is 9.97. The molecule has 1 aliphatic heterocycles. The Hall–Kier alpha value is -1.64. The normalized spacial score (nSPS) is 15.2. The summed E-state index contributed by atoms with van der Waals surface area (Å²) in [6.45, 7) is 0.357. The lowest BCUT2D eigenvalue weighted by Gasteiger charge is -2.00. The van der Waals surface area contributed by atoms with E-state index < -0.39 is 0 Å². The molecule has 0 fully saturated rings. The summed E-state index contributed by atoms with van der Waals surface area (Å²) in [7, 11) is 0. The van der Waals surface area contributed by atoms with Crippen LogP contribution in [0.4, 0.5) is 4.39 Å². The van der Waals surface area contributed by atoms with Crippen molar-refractivity contribution in [1.29, 1.82) is 0 Å². The van der Waals surface area contributed by atoms with Crippen LogP contribution in [0.3, 0.4) is 0 Å². The van der Waals surface area contributed by atoms with Crippen molar-refractivity contribution in [2.45, 2.75) is 6.42 Å². The molecule has 0 radical (unpaired) electrons. The second kappa shape index (κ2) is 3.62. The highest BCUT2D eigenvalue weighted by Gasteiger charge is 2.12. The van der Waals surface area contributed by atoms with Crippen LogP contribution in [0.2, 0.25) is 0 Å². The van der Waals surface area contributed by atoms with Gasteiger partial charge in [0.1, 0.15) is 12.4 Å². The molecule has 0 bridgehead atoms. The van der Waals surface area contributed by atoms with Gasteiger partial charge in [0.2, 0.25) is 0 Å². The number of cyclic esters (lactones) is 1. The number of carbonyl (C=O) groups is 1. The molecule has 14 heavy (non-hydrogen) atoms. The van der Waals surface area contributed by atoms with Crippen LogP contribution < -0.4 is 0 Å². The van der Waals surface area contributed by atoms with Crippen LogP contribution in [0.15, 0.2) is 35.9 Å². The topological polar surface area (TPSA) is 26.3 Å². The number of rotatable bonds is 2. The molecule has 0 saturated heterocycles. The van der Waals surface area contributed by atoms with Crippen LogP contribution in [-0.2, 0) is 16.0 Å². The minimum atomic E-state index is -0.290. The predicted octanol–water partition coefficient (Wildman–Crippen LogP) is 1.85. The van der Waals surface area contributed by atoms with Crippen molar-refractivity contribution in [2.75, 3.05) is 6.61 Å². The molecule has 72 valence electrons. The van der Waals surface area contributed by atoms with Crippen LogP contribution in [-0.4, -0.2) is 12.6 Å². The summed E-state index contributed by atoms with van der Waals surface area (Å²) in [4.78, 5) is 10.7. The second-order valence-electron chi connectivity index (χ2n) is 3.21. The van der Waals surface area contributed by atoms with Gasteiger partial charge in [-0.2, -0.15) is 0 Å². The summed E-state index contributed by atoms with van der Waals surface area (Å²) >= 11 is 0. The molecule has 0 amide bonds. The Balaban J connectivity index is 2.08. The van der Waals surface area contributed by atoms with Crippen molar-refractivity contribution < 1.29 is 13.9 Å². The van der Waals surface area contributed by atoms with Crippen molar-refractivity contribution >= 4 is 5.97 Å². The maximum absolute atomic E-state index is 12.6. The molecular weight excluding hydrogens is 183 g/mol. The average Bonchev–Trinajstić information content (AvgIpc) is 2.56. The van der Waals surface area contributed by atoms with Gasteiger partial charge in [-0.05, 0) is 29.7 Å². The van der Waals surface area contributed by atoms with Gasteiger partial charge in [0.25, 0.3) is 0 Å². The first-order chi connectivity index (χ1) is 6.74. The highest BCUT2D eigenvalue weighted by atomic mass is 19.1. The summed E-state index contributed by atoms with van der Waals surface area (Å²) < 4.78 is 17.3. The van der Waals surface area contributed by atoms with Gasteiger partial charge in [-0.1, -0.05) is 12.1 Å². The van der Waals surface area contributed by atoms with E-state index in [2.05, 4.69) is 0 Å². The van der Waals surface area contributed by atoms with Gasteiger partial charge < -0.3 is 4.74 Å². The maximum Gasteiger partial charge on any atom is 0.331 e. The van der Waals surface area contributed by atoms with Crippen LogP contribution >= 0.6 is 0 Å². The third-order valence-electron chi connectivity index (χ3n) is 2.07. The summed E-state index contributed by atoms with van der Waals surface area (Å²) in [5.41, 5.74) is 1.91. The minimum Gasteiger partial charge on any atom is -0.458 e. The fourth-order valence-electron chi connectivity index (χ4n) is 1.38. The Morgan fingerprint density at radius 2 is 2.00 bits per heavy atom. The van der Waals surface area contributed by atoms with Crippen molar-refractivity contribution in [3.8, 4) is 0 Å². The van der Waals surface area contributed by atoms with Crippen LogP contribution in [0, 0.1) is 5.82 Å². The first-order valence-electron chi connectivity index (χ1n) is 4.35. The highest BCUT2D eigenvalue weighted by Crippen LogP contribution is 2.13. The van der Waals surface area contributed by atoms with Gasteiger partial charge in [0, 0.05) is 6.08 Å². The molecule has 2 rings (SSSR count). The molecular formula is C11H9FO2. The number of halogens is 1. The van der Waals surface area contributed by atoms with Crippen molar-refractivity contribution in [3.05, 3.63) is 47.3 Å². The molecule has 1 aromatic carbocycles. The van der Waals surface area contributed by atoms with E-state index in [0.29, 0.717) is 13.0 Å². The molecule has 1 aliphatic rings. The number of carbonyl (C=O) groups excluding carboxylic acids is 1. The van der Waals surface area contributed by atoms with E-state index in [9.17, 15) is 9.18 Å². The van der Waals surface area contributed by atoms with Crippen molar-refractivity contribution in [2.24, 2.45) is 0 Å². The molecule has 1 aromatic rings. The van der Waals surface area contributed by atoms with Crippen molar-refractivity contribution in [1.82, 2.24) is 0 Å². The van der Waals surface area contributed by atoms with Crippen molar-refractivity contribution in [3.63, 3.8) is 0 Å². The van der Waals surface area contributed by atoms with Gasteiger partial charge >= 0.3 is 5.97 Å². The monoisotopic (exact) mass is 192 g/mol. The zero-order valence-corrected chi connectivity index (χ0v) is 7.50. The summed E-state index contributed by atoms with van der Waals surface area (Å²) in [6.07, 6.45) is 2.13. The molecule has 0 atom stereocenters. The Morgan fingerprint density at radius 1 is 1.29 bits per heavy atom. The zero-order valence-electron chi connectivity index (χ0n) is 7.50. The number of benzene rings is 1. The standard InChI is InChI=1S/C11H9FO2/c12-10-3-1-8(2-4-10)5-9-6-11(13)14-7-9/h1-4,6H,5,7H2.